The maximum Gasteiger partial charge on any atom is 0.219 e. The van der Waals surface area contributed by atoms with Crippen molar-refractivity contribution in [3.8, 4) is 0 Å². The van der Waals surface area contributed by atoms with Crippen LogP contribution in [-0.4, -0.2) is 47.9 Å². The molecule has 1 aliphatic carbocycles. The Morgan fingerprint density at radius 2 is 1.63 bits per heavy atom. The summed E-state index contributed by atoms with van der Waals surface area (Å²) < 4.78 is 0. The monoisotopic (exact) mass is 264 g/mol. The van der Waals surface area contributed by atoms with Crippen LogP contribution >= 0.6 is 0 Å². The SMILES string of the molecule is CC(=O)N1CC2(CCC(N3CCC(C)CC3)CC2)C1. The number of nitrogens with zero attached hydrogens (tertiary/aromatic N) is 2. The lowest BCUT2D eigenvalue weighted by molar-refractivity contribution is -0.144. The van der Waals surface area contributed by atoms with Gasteiger partial charge >= 0.3 is 0 Å². The van der Waals surface area contributed by atoms with E-state index in [1.165, 1.54) is 51.6 Å². The molecule has 1 amide bonds. The summed E-state index contributed by atoms with van der Waals surface area (Å²) in [6.07, 6.45) is 8.18. The highest BCUT2D eigenvalue weighted by atomic mass is 16.2. The molecule has 3 rings (SSSR count). The third-order valence-corrected chi connectivity index (χ3v) is 5.85. The fourth-order valence-corrected chi connectivity index (χ4v) is 4.28. The first kappa shape index (κ1) is 13.4. The van der Waals surface area contributed by atoms with Gasteiger partial charge in [0.1, 0.15) is 0 Å². The van der Waals surface area contributed by atoms with Crippen LogP contribution in [0.3, 0.4) is 0 Å². The standard InChI is InChI=1S/C16H28N2O/c1-13-5-9-17(10-6-13)15-3-7-16(8-4-15)11-18(12-16)14(2)19/h13,15H,3-12H2,1-2H3. The minimum Gasteiger partial charge on any atom is -0.342 e. The van der Waals surface area contributed by atoms with E-state index in [2.05, 4.69) is 11.8 Å². The van der Waals surface area contributed by atoms with Gasteiger partial charge in [0, 0.05) is 31.5 Å². The molecule has 2 aliphatic heterocycles. The molecule has 19 heavy (non-hydrogen) atoms. The van der Waals surface area contributed by atoms with E-state index in [0.29, 0.717) is 5.41 Å². The zero-order chi connectivity index (χ0) is 13.5. The molecule has 0 atom stereocenters. The second-order valence-electron chi connectivity index (χ2n) is 7.32. The molecule has 0 unspecified atom stereocenters. The van der Waals surface area contributed by atoms with E-state index in [0.717, 1.165) is 25.0 Å². The zero-order valence-electron chi connectivity index (χ0n) is 12.5. The predicted molar refractivity (Wildman–Crippen MR) is 76.9 cm³/mol. The van der Waals surface area contributed by atoms with Gasteiger partial charge in [-0.1, -0.05) is 6.92 Å². The summed E-state index contributed by atoms with van der Waals surface area (Å²) in [5, 5.41) is 0. The van der Waals surface area contributed by atoms with E-state index in [1.807, 2.05) is 4.90 Å². The number of hydrogen-bond acceptors (Lipinski definition) is 2. The third-order valence-electron chi connectivity index (χ3n) is 5.85. The molecule has 2 saturated heterocycles. The topological polar surface area (TPSA) is 23.6 Å². The molecule has 0 N–H and O–H groups in total. The van der Waals surface area contributed by atoms with Crippen LogP contribution in [-0.2, 0) is 4.79 Å². The van der Waals surface area contributed by atoms with E-state index in [4.69, 9.17) is 0 Å². The van der Waals surface area contributed by atoms with Crippen molar-refractivity contribution in [3.63, 3.8) is 0 Å². The molecule has 0 bridgehead atoms. The molecular formula is C16H28N2O. The summed E-state index contributed by atoms with van der Waals surface area (Å²) in [5.74, 6) is 1.19. The van der Waals surface area contributed by atoms with Crippen molar-refractivity contribution in [2.24, 2.45) is 11.3 Å². The van der Waals surface area contributed by atoms with Crippen LogP contribution in [0.4, 0.5) is 0 Å². The van der Waals surface area contributed by atoms with Gasteiger partial charge in [0.15, 0.2) is 0 Å². The average Bonchev–Trinajstić information content (AvgIpc) is 2.37. The number of carbonyl (C=O) groups excluding carboxylic acids is 1. The van der Waals surface area contributed by atoms with Gasteiger partial charge in [-0.2, -0.15) is 0 Å². The first-order chi connectivity index (χ1) is 9.08. The van der Waals surface area contributed by atoms with Gasteiger partial charge in [-0.25, -0.2) is 0 Å². The largest absolute Gasteiger partial charge is 0.342 e. The first-order valence-corrected chi connectivity index (χ1v) is 8.08. The van der Waals surface area contributed by atoms with Gasteiger partial charge in [0.2, 0.25) is 5.91 Å². The van der Waals surface area contributed by atoms with Crippen LogP contribution in [0.1, 0.15) is 52.4 Å². The van der Waals surface area contributed by atoms with Gasteiger partial charge in [0.25, 0.3) is 0 Å². The number of likely N-dealkylation sites (tertiary alicyclic amines) is 2. The Bertz CT molecular complexity index is 331. The molecule has 0 radical (unpaired) electrons. The fraction of sp³-hybridized carbons (Fsp3) is 0.938. The molecule has 0 aromatic carbocycles. The second-order valence-corrected chi connectivity index (χ2v) is 7.32. The minimum atomic E-state index is 0.262. The second kappa shape index (κ2) is 5.08. The average molecular weight is 264 g/mol. The predicted octanol–water partition coefficient (Wildman–Crippen LogP) is 2.51. The lowest BCUT2D eigenvalue weighted by Gasteiger charge is -2.54. The highest BCUT2D eigenvalue weighted by Crippen LogP contribution is 2.45. The maximum absolute atomic E-state index is 11.3. The minimum absolute atomic E-state index is 0.262. The zero-order valence-corrected chi connectivity index (χ0v) is 12.5. The van der Waals surface area contributed by atoms with Crippen LogP contribution in [0.25, 0.3) is 0 Å². The van der Waals surface area contributed by atoms with Crippen molar-refractivity contribution in [2.45, 2.75) is 58.4 Å². The molecule has 3 fully saturated rings. The smallest absolute Gasteiger partial charge is 0.219 e. The molecule has 108 valence electrons. The van der Waals surface area contributed by atoms with Crippen molar-refractivity contribution in [1.29, 1.82) is 0 Å². The lowest BCUT2D eigenvalue weighted by atomic mass is 9.67. The Hall–Kier alpha value is -0.570. The number of amides is 1. The molecule has 2 heterocycles. The Morgan fingerprint density at radius 3 is 2.16 bits per heavy atom. The van der Waals surface area contributed by atoms with E-state index in [9.17, 15) is 4.79 Å². The molecule has 0 aromatic heterocycles. The van der Waals surface area contributed by atoms with Crippen molar-refractivity contribution >= 4 is 5.91 Å². The molecule has 1 saturated carbocycles. The summed E-state index contributed by atoms with van der Waals surface area (Å²) in [4.78, 5) is 16.1. The van der Waals surface area contributed by atoms with Crippen molar-refractivity contribution in [1.82, 2.24) is 9.80 Å². The van der Waals surface area contributed by atoms with Crippen LogP contribution < -0.4 is 0 Å². The third kappa shape index (κ3) is 2.67. The Kier molecular flexibility index (Phi) is 3.59. The van der Waals surface area contributed by atoms with Crippen LogP contribution in [0.5, 0.6) is 0 Å². The van der Waals surface area contributed by atoms with Gasteiger partial charge in [-0.15, -0.1) is 0 Å². The quantitative estimate of drug-likeness (QED) is 0.726. The van der Waals surface area contributed by atoms with E-state index in [-0.39, 0.29) is 5.91 Å². The lowest BCUT2D eigenvalue weighted by Crippen LogP contribution is -2.60. The molecule has 3 aliphatic rings. The molecule has 1 spiro atoms. The van der Waals surface area contributed by atoms with E-state index >= 15 is 0 Å². The summed E-state index contributed by atoms with van der Waals surface area (Å²) >= 11 is 0. The summed E-state index contributed by atoms with van der Waals surface area (Å²) in [5.41, 5.74) is 0.505. The summed E-state index contributed by atoms with van der Waals surface area (Å²) in [6, 6.07) is 0.838. The summed E-state index contributed by atoms with van der Waals surface area (Å²) in [7, 11) is 0. The van der Waals surface area contributed by atoms with Gasteiger partial charge < -0.3 is 9.80 Å². The van der Waals surface area contributed by atoms with Crippen LogP contribution in [0, 0.1) is 11.3 Å². The van der Waals surface area contributed by atoms with E-state index < -0.39 is 0 Å². The Labute approximate surface area is 117 Å². The molecular weight excluding hydrogens is 236 g/mol. The molecule has 3 nitrogen and oxygen atoms in total. The van der Waals surface area contributed by atoms with Gasteiger partial charge in [-0.05, 0) is 57.5 Å². The van der Waals surface area contributed by atoms with Crippen molar-refractivity contribution in [3.05, 3.63) is 0 Å². The maximum atomic E-state index is 11.3. The first-order valence-electron chi connectivity index (χ1n) is 8.08. The molecule has 3 heteroatoms. The number of piperidine rings is 1. The van der Waals surface area contributed by atoms with E-state index in [1.54, 1.807) is 6.92 Å². The van der Waals surface area contributed by atoms with Gasteiger partial charge in [-0.3, -0.25) is 4.79 Å². The van der Waals surface area contributed by atoms with Crippen LogP contribution in [0.15, 0.2) is 0 Å². The van der Waals surface area contributed by atoms with Crippen molar-refractivity contribution in [2.75, 3.05) is 26.2 Å². The Balaban J connectivity index is 1.47. The number of carbonyl (C=O) groups is 1. The fourth-order valence-electron chi connectivity index (χ4n) is 4.28. The number of rotatable bonds is 1. The summed E-state index contributed by atoms with van der Waals surface area (Å²) in [6.45, 7) is 8.79. The normalized spacial score (nSPS) is 29.5. The van der Waals surface area contributed by atoms with Crippen LogP contribution in [0.2, 0.25) is 0 Å². The van der Waals surface area contributed by atoms with Crippen molar-refractivity contribution < 1.29 is 4.79 Å². The van der Waals surface area contributed by atoms with Gasteiger partial charge in [0.05, 0.1) is 0 Å². The highest BCUT2D eigenvalue weighted by Gasteiger charge is 2.46. The highest BCUT2D eigenvalue weighted by molar-refractivity contribution is 5.74. The Morgan fingerprint density at radius 1 is 1.05 bits per heavy atom. The number of hydrogen-bond donors (Lipinski definition) is 0. The molecule has 0 aromatic rings.